The molecule has 0 N–H and O–H groups in total. The van der Waals surface area contributed by atoms with Crippen LogP contribution in [0.2, 0.25) is 0 Å². The van der Waals surface area contributed by atoms with Gasteiger partial charge in [0.2, 0.25) is 0 Å². The zero-order chi connectivity index (χ0) is 5.82. The zero-order valence-electron chi connectivity index (χ0n) is 5.28. The van der Waals surface area contributed by atoms with Crippen LogP contribution < -0.4 is 21.2 Å². The number of allylic oxidation sites excluding steroid dienone is 1. The second kappa shape index (κ2) is 3.49. The van der Waals surface area contributed by atoms with Crippen LogP contribution in [-0.2, 0) is 0 Å². The molecule has 48 valence electrons. The number of halogens is 1. The summed E-state index contributed by atoms with van der Waals surface area (Å²) in [5, 5.41) is 0. The maximum absolute atomic E-state index is 2.52. The third kappa shape index (κ3) is 1.77. The molecule has 0 unspecified atom stereocenters. The van der Waals surface area contributed by atoms with E-state index in [2.05, 4.69) is 11.0 Å². The Morgan fingerprint density at radius 1 is 1.75 bits per heavy atom. The minimum absolute atomic E-state index is 0.527. The van der Waals surface area contributed by atoms with Gasteiger partial charge in [0.05, 0.1) is 0 Å². The maximum atomic E-state index is 2.52. The van der Waals surface area contributed by atoms with Crippen LogP contribution in [0.4, 0.5) is 0 Å². The van der Waals surface area contributed by atoms with Gasteiger partial charge in [0.15, 0.2) is 0 Å². The first-order valence-electron chi connectivity index (χ1n) is 3.19. The van der Waals surface area contributed by atoms with E-state index >= 15 is 0 Å². The molecule has 0 fully saturated rings. The standard InChI is InChI=1S/C7H12I/c1-2-3-7-4-5-8-6-7/h6H,2-5H2,1H3/q-1. The average Bonchev–Trinajstić information content (AvgIpc) is 2.19. The first kappa shape index (κ1) is 6.59. The molecule has 8 heavy (non-hydrogen) atoms. The molecule has 0 nitrogen and oxygen atoms in total. The first-order chi connectivity index (χ1) is 3.93. The Balaban J connectivity index is 2.23. The third-order valence-corrected chi connectivity index (χ3v) is 3.81. The molecule has 0 aromatic rings. The van der Waals surface area contributed by atoms with Crippen molar-refractivity contribution in [3.63, 3.8) is 0 Å². The molecule has 1 heterocycles. The van der Waals surface area contributed by atoms with Crippen LogP contribution in [-0.4, -0.2) is 4.43 Å². The quantitative estimate of drug-likeness (QED) is 0.423. The van der Waals surface area contributed by atoms with Crippen LogP contribution in [0, 0.1) is 0 Å². The molecule has 0 bridgehead atoms. The molecule has 0 radical (unpaired) electrons. The van der Waals surface area contributed by atoms with E-state index in [1.54, 1.807) is 5.57 Å². The van der Waals surface area contributed by atoms with Crippen molar-refractivity contribution in [2.24, 2.45) is 0 Å². The van der Waals surface area contributed by atoms with Gasteiger partial charge in [-0.3, -0.25) is 0 Å². The molecule has 1 aliphatic rings. The molecule has 0 atom stereocenters. The van der Waals surface area contributed by atoms with E-state index in [1.165, 1.54) is 23.7 Å². The Morgan fingerprint density at radius 2 is 2.62 bits per heavy atom. The Hall–Kier alpha value is 0.470. The molecule has 1 heteroatoms. The summed E-state index contributed by atoms with van der Waals surface area (Å²) < 4.78 is 4.04. The van der Waals surface area contributed by atoms with Gasteiger partial charge in [-0.1, -0.05) is 0 Å². The van der Waals surface area contributed by atoms with Crippen molar-refractivity contribution >= 4 is 0 Å². The zero-order valence-corrected chi connectivity index (χ0v) is 7.44. The SMILES string of the molecule is CCCC1=C[I-]CC1. The van der Waals surface area contributed by atoms with E-state index in [0.717, 1.165) is 0 Å². The van der Waals surface area contributed by atoms with E-state index in [0.29, 0.717) is 21.2 Å². The van der Waals surface area contributed by atoms with Gasteiger partial charge in [0, 0.05) is 0 Å². The van der Waals surface area contributed by atoms with Crippen LogP contribution >= 0.6 is 0 Å². The van der Waals surface area contributed by atoms with Crippen molar-refractivity contribution in [1.82, 2.24) is 0 Å². The minimum atomic E-state index is 0.527. The van der Waals surface area contributed by atoms with E-state index in [-0.39, 0.29) is 0 Å². The molecular formula is C7H12I-. The van der Waals surface area contributed by atoms with Crippen molar-refractivity contribution in [3.8, 4) is 0 Å². The summed E-state index contributed by atoms with van der Waals surface area (Å²) in [6, 6.07) is 0. The van der Waals surface area contributed by atoms with E-state index in [9.17, 15) is 0 Å². The topological polar surface area (TPSA) is 0 Å². The fraction of sp³-hybridized carbons (Fsp3) is 0.714. The van der Waals surface area contributed by atoms with Crippen molar-refractivity contribution in [2.45, 2.75) is 26.2 Å². The van der Waals surface area contributed by atoms with Crippen molar-refractivity contribution in [2.75, 3.05) is 4.43 Å². The van der Waals surface area contributed by atoms with E-state index in [1.807, 2.05) is 0 Å². The molecule has 0 amide bonds. The van der Waals surface area contributed by atoms with Gasteiger partial charge in [-0.05, 0) is 0 Å². The number of rotatable bonds is 2. The average molecular weight is 223 g/mol. The molecule has 0 aliphatic carbocycles. The Labute approximate surface area is 61.6 Å². The Morgan fingerprint density at radius 3 is 3.12 bits per heavy atom. The summed E-state index contributed by atoms with van der Waals surface area (Å²) in [5.74, 6) is 0. The summed E-state index contributed by atoms with van der Waals surface area (Å²) >= 11 is 0.527. The molecule has 0 aromatic heterocycles. The van der Waals surface area contributed by atoms with Crippen LogP contribution in [0.3, 0.4) is 0 Å². The van der Waals surface area contributed by atoms with Gasteiger partial charge in [-0.2, -0.15) is 0 Å². The molecule has 0 spiro atoms. The van der Waals surface area contributed by atoms with E-state index < -0.39 is 0 Å². The van der Waals surface area contributed by atoms with Gasteiger partial charge in [0.1, 0.15) is 0 Å². The number of alkyl halides is 1. The second-order valence-electron chi connectivity index (χ2n) is 2.11. The van der Waals surface area contributed by atoms with Crippen LogP contribution in [0.5, 0.6) is 0 Å². The molecule has 1 rings (SSSR count). The summed E-state index contributed by atoms with van der Waals surface area (Å²) in [6.07, 6.45) is 4.15. The fourth-order valence-corrected chi connectivity index (χ4v) is 3.46. The van der Waals surface area contributed by atoms with Crippen molar-refractivity contribution in [1.29, 1.82) is 0 Å². The van der Waals surface area contributed by atoms with Crippen LogP contribution in [0.1, 0.15) is 26.2 Å². The summed E-state index contributed by atoms with van der Waals surface area (Å²) in [5.41, 5.74) is 1.75. The van der Waals surface area contributed by atoms with Gasteiger partial charge < -0.3 is 0 Å². The van der Waals surface area contributed by atoms with Crippen LogP contribution in [0.15, 0.2) is 9.66 Å². The summed E-state index contributed by atoms with van der Waals surface area (Å²) in [6.45, 7) is 2.26. The van der Waals surface area contributed by atoms with Gasteiger partial charge in [0.25, 0.3) is 0 Å². The number of hydrogen-bond donors (Lipinski definition) is 0. The number of hydrogen-bond acceptors (Lipinski definition) is 0. The second-order valence-corrected chi connectivity index (χ2v) is 4.69. The molecule has 1 aliphatic heterocycles. The Kier molecular flexibility index (Phi) is 2.87. The predicted molar refractivity (Wildman–Crippen MR) is 32.5 cm³/mol. The van der Waals surface area contributed by atoms with Gasteiger partial charge in [-0.15, -0.1) is 0 Å². The first-order valence-corrected chi connectivity index (χ1v) is 5.96. The van der Waals surface area contributed by atoms with E-state index in [4.69, 9.17) is 0 Å². The predicted octanol–water partition coefficient (Wildman–Crippen LogP) is -0.837. The van der Waals surface area contributed by atoms with Gasteiger partial charge in [-0.25, -0.2) is 0 Å². The van der Waals surface area contributed by atoms with Crippen LogP contribution in [0.25, 0.3) is 0 Å². The van der Waals surface area contributed by atoms with Gasteiger partial charge >= 0.3 is 61.5 Å². The summed E-state index contributed by atoms with van der Waals surface area (Å²) in [7, 11) is 0. The monoisotopic (exact) mass is 223 g/mol. The molecule has 0 saturated heterocycles. The molecule has 0 aromatic carbocycles. The van der Waals surface area contributed by atoms with Crippen molar-refractivity contribution in [3.05, 3.63) is 9.66 Å². The third-order valence-electron chi connectivity index (χ3n) is 1.33. The fourth-order valence-electron chi connectivity index (χ4n) is 0.895. The van der Waals surface area contributed by atoms with Crippen molar-refractivity contribution < 1.29 is 21.2 Å². The molecule has 0 saturated carbocycles. The Bertz CT molecular complexity index is 94.6. The summed E-state index contributed by atoms with van der Waals surface area (Å²) in [4.78, 5) is 0. The normalized spacial score (nSPS) is 19.9. The molecular weight excluding hydrogens is 211 g/mol.